The lowest BCUT2D eigenvalue weighted by atomic mass is 10.0. The maximum Gasteiger partial charge on any atom is 0.217 e. The van der Waals surface area contributed by atoms with Gasteiger partial charge in [0.2, 0.25) is 5.91 Å². The van der Waals surface area contributed by atoms with Gasteiger partial charge in [0.05, 0.1) is 0 Å². The summed E-state index contributed by atoms with van der Waals surface area (Å²) in [6.07, 6.45) is 1.96. The van der Waals surface area contributed by atoms with Gasteiger partial charge in [0, 0.05) is 38.2 Å². The van der Waals surface area contributed by atoms with E-state index in [0.717, 1.165) is 38.0 Å². The summed E-state index contributed by atoms with van der Waals surface area (Å²) in [4.78, 5) is 13.3. The topological polar surface area (TPSA) is 52.6 Å². The number of phenols is 1. The van der Waals surface area contributed by atoms with Gasteiger partial charge >= 0.3 is 0 Å². The molecule has 19 heavy (non-hydrogen) atoms. The zero-order valence-corrected chi connectivity index (χ0v) is 11.6. The van der Waals surface area contributed by atoms with Gasteiger partial charge in [0.1, 0.15) is 5.75 Å². The summed E-state index contributed by atoms with van der Waals surface area (Å²) in [7, 11) is 0. The summed E-state index contributed by atoms with van der Waals surface area (Å²) >= 11 is 0. The van der Waals surface area contributed by atoms with E-state index in [0.29, 0.717) is 11.8 Å². The van der Waals surface area contributed by atoms with Crippen LogP contribution in [-0.4, -0.2) is 35.0 Å². The fraction of sp³-hybridized carbons (Fsp3) is 0.533. The average molecular weight is 262 g/mol. The predicted molar refractivity (Wildman–Crippen MR) is 75.0 cm³/mol. The largest absolute Gasteiger partial charge is 0.508 e. The SMILES string of the molecule is CC(=O)NC1CCN(Cc2cc(C)ccc2O)CC1. The lowest BCUT2D eigenvalue weighted by molar-refractivity contribution is -0.119. The molecule has 0 bridgehead atoms. The first-order valence-corrected chi connectivity index (χ1v) is 6.82. The number of aryl methyl sites for hydroxylation is 1. The average Bonchev–Trinajstić information content (AvgIpc) is 2.35. The third-order valence-electron chi connectivity index (χ3n) is 3.62. The van der Waals surface area contributed by atoms with E-state index in [1.807, 2.05) is 19.1 Å². The summed E-state index contributed by atoms with van der Waals surface area (Å²) in [6.45, 7) is 6.29. The van der Waals surface area contributed by atoms with E-state index in [2.05, 4.69) is 10.2 Å². The van der Waals surface area contributed by atoms with E-state index in [1.165, 1.54) is 5.56 Å². The minimum absolute atomic E-state index is 0.0507. The molecule has 1 heterocycles. The van der Waals surface area contributed by atoms with Crippen molar-refractivity contribution in [2.75, 3.05) is 13.1 Å². The Morgan fingerprint density at radius 3 is 2.74 bits per heavy atom. The number of hydrogen-bond acceptors (Lipinski definition) is 3. The van der Waals surface area contributed by atoms with Crippen LogP contribution in [0, 0.1) is 6.92 Å². The van der Waals surface area contributed by atoms with Gasteiger partial charge in [-0.15, -0.1) is 0 Å². The molecule has 1 aromatic rings. The standard InChI is InChI=1S/C15H22N2O2/c1-11-3-4-15(19)13(9-11)10-17-7-5-14(6-8-17)16-12(2)18/h3-4,9,14,19H,5-8,10H2,1-2H3,(H,16,18). The van der Waals surface area contributed by atoms with Crippen LogP contribution in [0.1, 0.15) is 30.9 Å². The highest BCUT2D eigenvalue weighted by atomic mass is 16.3. The van der Waals surface area contributed by atoms with Crippen LogP contribution < -0.4 is 5.32 Å². The molecule has 4 nitrogen and oxygen atoms in total. The van der Waals surface area contributed by atoms with Crippen LogP contribution in [0.4, 0.5) is 0 Å². The molecule has 1 saturated heterocycles. The molecule has 0 saturated carbocycles. The van der Waals surface area contributed by atoms with Crippen LogP contribution in [0.3, 0.4) is 0 Å². The number of nitrogens with one attached hydrogen (secondary N) is 1. The second kappa shape index (κ2) is 6.06. The lowest BCUT2D eigenvalue weighted by Crippen LogP contribution is -2.43. The Balaban J connectivity index is 1.88. The molecule has 0 aliphatic carbocycles. The molecular weight excluding hydrogens is 240 g/mol. The van der Waals surface area contributed by atoms with Crippen molar-refractivity contribution in [3.8, 4) is 5.75 Å². The molecule has 1 fully saturated rings. The summed E-state index contributed by atoms with van der Waals surface area (Å²) in [5.41, 5.74) is 2.15. The summed E-state index contributed by atoms with van der Waals surface area (Å²) < 4.78 is 0. The van der Waals surface area contributed by atoms with Crippen molar-refractivity contribution in [2.45, 2.75) is 39.3 Å². The molecule has 1 aromatic carbocycles. The Kier molecular flexibility index (Phi) is 4.43. The molecule has 0 unspecified atom stereocenters. The molecule has 4 heteroatoms. The maximum absolute atomic E-state index is 11.0. The van der Waals surface area contributed by atoms with E-state index >= 15 is 0 Å². The molecule has 2 rings (SSSR count). The van der Waals surface area contributed by atoms with Crippen LogP contribution in [0.2, 0.25) is 0 Å². The number of hydrogen-bond donors (Lipinski definition) is 2. The molecule has 1 aliphatic rings. The van der Waals surface area contributed by atoms with Gasteiger partial charge in [-0.1, -0.05) is 17.7 Å². The van der Waals surface area contributed by atoms with E-state index in [9.17, 15) is 9.90 Å². The number of carbonyl (C=O) groups excluding carboxylic acids is 1. The summed E-state index contributed by atoms with van der Waals surface area (Å²) in [6, 6.07) is 6.02. The minimum Gasteiger partial charge on any atom is -0.508 e. The second-order valence-electron chi connectivity index (χ2n) is 5.38. The predicted octanol–water partition coefficient (Wildman–Crippen LogP) is 1.80. The Labute approximate surface area is 114 Å². The minimum atomic E-state index is 0.0507. The van der Waals surface area contributed by atoms with Crippen molar-refractivity contribution >= 4 is 5.91 Å². The van der Waals surface area contributed by atoms with Gasteiger partial charge in [-0.05, 0) is 25.8 Å². The van der Waals surface area contributed by atoms with Crippen molar-refractivity contribution in [2.24, 2.45) is 0 Å². The number of benzene rings is 1. The van der Waals surface area contributed by atoms with Gasteiger partial charge in [-0.3, -0.25) is 9.69 Å². The van der Waals surface area contributed by atoms with Gasteiger partial charge in [0.25, 0.3) is 0 Å². The smallest absolute Gasteiger partial charge is 0.217 e. The Morgan fingerprint density at radius 1 is 1.42 bits per heavy atom. The molecule has 0 radical (unpaired) electrons. The summed E-state index contributed by atoms with van der Waals surface area (Å²) in [5, 5.41) is 12.8. The summed E-state index contributed by atoms with van der Waals surface area (Å²) in [5.74, 6) is 0.421. The number of piperidine rings is 1. The fourth-order valence-electron chi connectivity index (χ4n) is 2.60. The Hall–Kier alpha value is -1.55. The number of phenolic OH excluding ortho intramolecular Hbond substituents is 1. The van der Waals surface area contributed by atoms with Crippen LogP contribution in [-0.2, 0) is 11.3 Å². The molecule has 0 spiro atoms. The highest BCUT2D eigenvalue weighted by molar-refractivity contribution is 5.73. The molecule has 1 aliphatic heterocycles. The third kappa shape index (κ3) is 3.96. The van der Waals surface area contributed by atoms with Crippen molar-refractivity contribution in [3.63, 3.8) is 0 Å². The maximum atomic E-state index is 11.0. The number of amides is 1. The van der Waals surface area contributed by atoms with Gasteiger partial charge in [-0.25, -0.2) is 0 Å². The normalized spacial score (nSPS) is 17.4. The van der Waals surface area contributed by atoms with Crippen molar-refractivity contribution in [1.29, 1.82) is 0 Å². The zero-order chi connectivity index (χ0) is 13.8. The van der Waals surface area contributed by atoms with Crippen molar-refractivity contribution in [3.05, 3.63) is 29.3 Å². The van der Waals surface area contributed by atoms with Crippen LogP contribution >= 0.6 is 0 Å². The van der Waals surface area contributed by atoms with E-state index in [1.54, 1.807) is 13.0 Å². The highest BCUT2D eigenvalue weighted by Gasteiger charge is 2.20. The highest BCUT2D eigenvalue weighted by Crippen LogP contribution is 2.22. The van der Waals surface area contributed by atoms with Crippen molar-refractivity contribution in [1.82, 2.24) is 10.2 Å². The number of nitrogens with zero attached hydrogens (tertiary/aromatic N) is 1. The molecule has 0 atom stereocenters. The molecular formula is C15H22N2O2. The Morgan fingerprint density at radius 2 is 2.11 bits per heavy atom. The van der Waals surface area contributed by atoms with E-state index < -0.39 is 0 Å². The van der Waals surface area contributed by atoms with Crippen LogP contribution in [0.25, 0.3) is 0 Å². The molecule has 2 N–H and O–H groups in total. The second-order valence-corrected chi connectivity index (χ2v) is 5.38. The zero-order valence-electron chi connectivity index (χ0n) is 11.6. The number of rotatable bonds is 3. The Bertz CT molecular complexity index is 451. The third-order valence-corrected chi connectivity index (χ3v) is 3.62. The van der Waals surface area contributed by atoms with Crippen LogP contribution in [0.15, 0.2) is 18.2 Å². The van der Waals surface area contributed by atoms with Crippen LogP contribution in [0.5, 0.6) is 5.75 Å². The molecule has 104 valence electrons. The number of aromatic hydroxyl groups is 1. The quantitative estimate of drug-likeness (QED) is 0.873. The first-order valence-electron chi connectivity index (χ1n) is 6.82. The van der Waals surface area contributed by atoms with E-state index in [4.69, 9.17) is 0 Å². The van der Waals surface area contributed by atoms with Gasteiger partial charge < -0.3 is 10.4 Å². The van der Waals surface area contributed by atoms with E-state index in [-0.39, 0.29) is 5.91 Å². The molecule has 1 amide bonds. The van der Waals surface area contributed by atoms with Gasteiger partial charge in [-0.2, -0.15) is 0 Å². The first-order chi connectivity index (χ1) is 9.04. The van der Waals surface area contributed by atoms with Gasteiger partial charge in [0.15, 0.2) is 0 Å². The first kappa shape index (κ1) is 13.9. The monoisotopic (exact) mass is 262 g/mol. The lowest BCUT2D eigenvalue weighted by Gasteiger charge is -2.32. The number of likely N-dealkylation sites (tertiary alicyclic amines) is 1. The fourth-order valence-corrected chi connectivity index (χ4v) is 2.60. The van der Waals surface area contributed by atoms with Crippen molar-refractivity contribution < 1.29 is 9.90 Å². The number of carbonyl (C=O) groups is 1. The molecule has 0 aromatic heterocycles.